The van der Waals surface area contributed by atoms with Crippen molar-refractivity contribution in [3.63, 3.8) is 0 Å². The Morgan fingerprint density at radius 2 is 2.06 bits per heavy atom. The molecule has 0 spiro atoms. The van der Waals surface area contributed by atoms with Gasteiger partial charge in [0.2, 0.25) is 5.91 Å². The lowest BCUT2D eigenvalue weighted by atomic mass is 10.1. The molecule has 3 rings (SSSR count). The zero-order chi connectivity index (χ0) is 12.4. The number of aromatic nitrogens is 2. The first-order chi connectivity index (χ1) is 8.81. The van der Waals surface area contributed by atoms with E-state index in [1.807, 2.05) is 30.3 Å². The largest absolute Gasteiger partial charge is 0.326 e. The fourth-order valence-corrected chi connectivity index (χ4v) is 1.95. The van der Waals surface area contributed by atoms with Crippen LogP contribution in [0.15, 0.2) is 36.5 Å². The minimum Gasteiger partial charge on any atom is -0.326 e. The van der Waals surface area contributed by atoms with E-state index in [1.54, 1.807) is 6.20 Å². The number of amides is 1. The Balaban J connectivity index is 1.65. The molecule has 0 unspecified atom stereocenters. The molecule has 0 atom stereocenters. The van der Waals surface area contributed by atoms with Gasteiger partial charge in [0.15, 0.2) is 0 Å². The maximum Gasteiger partial charge on any atom is 0.224 e. The van der Waals surface area contributed by atoms with E-state index in [0.717, 1.165) is 16.9 Å². The van der Waals surface area contributed by atoms with Gasteiger partial charge in [-0.15, -0.1) is 0 Å². The van der Waals surface area contributed by atoms with Crippen LogP contribution in [-0.4, -0.2) is 16.1 Å². The van der Waals surface area contributed by atoms with Crippen molar-refractivity contribution in [1.82, 2.24) is 10.2 Å². The number of rotatable bonds is 4. The van der Waals surface area contributed by atoms with Gasteiger partial charge < -0.3 is 5.32 Å². The summed E-state index contributed by atoms with van der Waals surface area (Å²) >= 11 is 0. The molecule has 1 amide bonds. The van der Waals surface area contributed by atoms with Gasteiger partial charge >= 0.3 is 0 Å². The zero-order valence-electron chi connectivity index (χ0n) is 10.0. The van der Waals surface area contributed by atoms with Gasteiger partial charge in [-0.2, -0.15) is 5.10 Å². The first-order valence-electron chi connectivity index (χ1n) is 6.21. The van der Waals surface area contributed by atoms with Crippen molar-refractivity contribution in [2.45, 2.75) is 19.3 Å². The molecule has 92 valence electrons. The van der Waals surface area contributed by atoms with Crippen LogP contribution in [0.2, 0.25) is 0 Å². The number of nitrogens with zero attached hydrogens (tertiary/aromatic N) is 1. The van der Waals surface area contributed by atoms with Crippen LogP contribution in [0.25, 0.3) is 11.3 Å². The lowest BCUT2D eigenvalue weighted by molar-refractivity contribution is -0.116. The molecule has 18 heavy (non-hydrogen) atoms. The number of carbonyl (C=O) groups excluding carboxylic acids is 1. The van der Waals surface area contributed by atoms with Gasteiger partial charge in [0.1, 0.15) is 0 Å². The van der Waals surface area contributed by atoms with Gasteiger partial charge in [-0.1, -0.05) is 12.1 Å². The molecule has 0 aliphatic heterocycles. The minimum atomic E-state index is 0.117. The summed E-state index contributed by atoms with van der Waals surface area (Å²) in [4.78, 5) is 11.6. The van der Waals surface area contributed by atoms with Crippen molar-refractivity contribution in [3.8, 4) is 11.3 Å². The van der Waals surface area contributed by atoms with Crippen LogP contribution in [-0.2, 0) is 4.79 Å². The van der Waals surface area contributed by atoms with E-state index >= 15 is 0 Å². The third kappa shape index (κ3) is 2.59. The highest BCUT2D eigenvalue weighted by atomic mass is 16.1. The Labute approximate surface area is 105 Å². The first kappa shape index (κ1) is 11.0. The van der Waals surface area contributed by atoms with Crippen LogP contribution in [0.1, 0.15) is 19.3 Å². The molecule has 2 N–H and O–H groups in total. The highest BCUT2D eigenvalue weighted by molar-refractivity contribution is 5.91. The Morgan fingerprint density at radius 3 is 2.67 bits per heavy atom. The van der Waals surface area contributed by atoms with Crippen molar-refractivity contribution in [2.24, 2.45) is 5.92 Å². The van der Waals surface area contributed by atoms with Gasteiger partial charge in [-0.3, -0.25) is 9.89 Å². The summed E-state index contributed by atoms with van der Waals surface area (Å²) in [5.74, 6) is 0.737. The lowest BCUT2D eigenvalue weighted by Gasteiger charge is -2.05. The molecule has 0 radical (unpaired) electrons. The van der Waals surface area contributed by atoms with E-state index in [9.17, 15) is 4.79 Å². The molecule has 1 aliphatic rings. The molecular formula is C14H15N3O. The maximum atomic E-state index is 11.6. The molecule has 2 aromatic rings. The zero-order valence-corrected chi connectivity index (χ0v) is 10.0. The number of nitrogens with one attached hydrogen (secondary N) is 2. The summed E-state index contributed by atoms with van der Waals surface area (Å²) in [6.07, 6.45) is 4.78. The standard InChI is InChI=1S/C14H15N3O/c18-14(9-10-1-2-10)16-12-5-3-11(4-6-12)13-7-8-15-17-13/h3-8,10H,1-2,9H2,(H,15,17)(H,16,18). The molecular weight excluding hydrogens is 226 g/mol. The number of hydrogen-bond acceptors (Lipinski definition) is 2. The van der Waals surface area contributed by atoms with Gasteiger partial charge in [0, 0.05) is 18.3 Å². The summed E-state index contributed by atoms with van der Waals surface area (Å²) < 4.78 is 0. The number of hydrogen-bond donors (Lipinski definition) is 2. The highest BCUT2D eigenvalue weighted by Gasteiger charge is 2.24. The molecule has 1 heterocycles. The summed E-state index contributed by atoms with van der Waals surface area (Å²) in [5, 5.41) is 9.75. The first-order valence-corrected chi connectivity index (χ1v) is 6.21. The number of aromatic amines is 1. The molecule has 0 bridgehead atoms. The number of anilines is 1. The van der Waals surface area contributed by atoms with E-state index < -0.39 is 0 Å². The molecule has 1 aliphatic carbocycles. The van der Waals surface area contributed by atoms with Crippen LogP contribution in [0, 0.1) is 5.92 Å². The summed E-state index contributed by atoms with van der Waals surface area (Å²) in [7, 11) is 0. The van der Waals surface area contributed by atoms with Crippen LogP contribution >= 0.6 is 0 Å². The Morgan fingerprint density at radius 1 is 1.28 bits per heavy atom. The van der Waals surface area contributed by atoms with Crippen LogP contribution in [0.3, 0.4) is 0 Å². The predicted octanol–water partition coefficient (Wildman–Crippen LogP) is 2.82. The maximum absolute atomic E-state index is 11.6. The smallest absolute Gasteiger partial charge is 0.224 e. The highest BCUT2D eigenvalue weighted by Crippen LogP contribution is 2.32. The van der Waals surface area contributed by atoms with Gasteiger partial charge in [-0.05, 0) is 42.5 Å². The summed E-state index contributed by atoms with van der Waals surface area (Å²) in [6, 6.07) is 9.70. The van der Waals surface area contributed by atoms with E-state index in [1.165, 1.54) is 12.8 Å². The van der Waals surface area contributed by atoms with Crippen molar-refractivity contribution in [3.05, 3.63) is 36.5 Å². The molecule has 1 aromatic carbocycles. The molecule has 1 aromatic heterocycles. The fraction of sp³-hybridized carbons (Fsp3) is 0.286. The van der Waals surface area contributed by atoms with E-state index in [-0.39, 0.29) is 5.91 Å². The third-order valence-electron chi connectivity index (χ3n) is 3.15. The second-order valence-corrected chi connectivity index (χ2v) is 4.74. The van der Waals surface area contributed by atoms with Crippen LogP contribution in [0.5, 0.6) is 0 Å². The minimum absolute atomic E-state index is 0.117. The second-order valence-electron chi connectivity index (χ2n) is 4.74. The Bertz CT molecular complexity index is 527. The fourth-order valence-electron chi connectivity index (χ4n) is 1.95. The van der Waals surface area contributed by atoms with Gasteiger partial charge in [0.05, 0.1) is 5.69 Å². The second kappa shape index (κ2) is 4.64. The topological polar surface area (TPSA) is 57.8 Å². The van der Waals surface area contributed by atoms with E-state index in [0.29, 0.717) is 12.3 Å². The average Bonchev–Trinajstić information content (AvgIpc) is 3.01. The van der Waals surface area contributed by atoms with Crippen molar-refractivity contribution < 1.29 is 4.79 Å². The SMILES string of the molecule is O=C(CC1CC1)Nc1ccc(-c2ccn[nH]2)cc1. The summed E-state index contributed by atoms with van der Waals surface area (Å²) in [5.41, 5.74) is 2.89. The number of benzene rings is 1. The van der Waals surface area contributed by atoms with Gasteiger partial charge in [0.25, 0.3) is 0 Å². The average molecular weight is 241 g/mol. The normalized spacial score (nSPS) is 14.4. The van der Waals surface area contributed by atoms with E-state index in [2.05, 4.69) is 15.5 Å². The lowest BCUT2D eigenvalue weighted by Crippen LogP contribution is -2.11. The number of H-pyrrole nitrogens is 1. The van der Waals surface area contributed by atoms with Crippen molar-refractivity contribution in [1.29, 1.82) is 0 Å². The Hall–Kier alpha value is -2.10. The van der Waals surface area contributed by atoms with Crippen LogP contribution in [0.4, 0.5) is 5.69 Å². The van der Waals surface area contributed by atoms with Gasteiger partial charge in [-0.25, -0.2) is 0 Å². The molecule has 1 fully saturated rings. The summed E-state index contributed by atoms with van der Waals surface area (Å²) in [6.45, 7) is 0. The third-order valence-corrected chi connectivity index (χ3v) is 3.15. The quantitative estimate of drug-likeness (QED) is 0.864. The van der Waals surface area contributed by atoms with Crippen LogP contribution < -0.4 is 5.32 Å². The van der Waals surface area contributed by atoms with E-state index in [4.69, 9.17) is 0 Å². The molecule has 0 saturated heterocycles. The Kier molecular flexibility index (Phi) is 2.84. The van der Waals surface area contributed by atoms with Crippen molar-refractivity contribution in [2.75, 3.05) is 5.32 Å². The van der Waals surface area contributed by atoms with Crippen molar-refractivity contribution >= 4 is 11.6 Å². The predicted molar refractivity (Wildman–Crippen MR) is 70.0 cm³/mol. The molecule has 4 heteroatoms. The number of carbonyl (C=O) groups is 1. The monoisotopic (exact) mass is 241 g/mol. The molecule has 1 saturated carbocycles. The molecule has 4 nitrogen and oxygen atoms in total.